The van der Waals surface area contributed by atoms with Crippen LogP contribution in [0.25, 0.3) is 0 Å². The van der Waals surface area contributed by atoms with Crippen molar-refractivity contribution >= 4 is 39.5 Å². The Morgan fingerprint density at radius 2 is 1.69 bits per heavy atom. The Morgan fingerprint density at radius 3 is 2.39 bits per heavy atom. The zero-order valence-electron chi connectivity index (χ0n) is 19.7. The first-order chi connectivity index (χ1) is 17.3. The molecule has 36 heavy (non-hydrogen) atoms. The Balaban J connectivity index is 1.32. The Kier molecular flexibility index (Phi) is 7.76. The van der Waals surface area contributed by atoms with E-state index in [4.69, 9.17) is 0 Å². The van der Waals surface area contributed by atoms with Crippen LogP contribution in [-0.2, 0) is 16.8 Å². The first-order valence-corrected chi connectivity index (χ1v) is 12.9. The lowest BCUT2D eigenvalue weighted by atomic mass is 10.1. The maximum absolute atomic E-state index is 12.7. The first kappa shape index (κ1) is 25.1. The number of urea groups is 1. The van der Waals surface area contributed by atoms with Crippen LogP contribution in [0.15, 0.2) is 60.9 Å². The minimum absolute atomic E-state index is 0.0287. The van der Waals surface area contributed by atoms with Crippen molar-refractivity contribution in [2.45, 2.75) is 26.3 Å². The number of nitrogens with one attached hydrogen (secondary N) is 4. The van der Waals surface area contributed by atoms with Crippen LogP contribution in [0.1, 0.15) is 34.3 Å². The zero-order valence-corrected chi connectivity index (χ0v) is 20.5. The van der Waals surface area contributed by atoms with Crippen LogP contribution < -0.4 is 20.1 Å². The molecule has 188 valence electrons. The van der Waals surface area contributed by atoms with Crippen LogP contribution in [0, 0.1) is 6.92 Å². The second kappa shape index (κ2) is 11.1. The Bertz CT molecular complexity index is 1330. The summed E-state index contributed by atoms with van der Waals surface area (Å²) >= 11 is 0. The molecule has 0 atom stereocenters. The molecule has 11 nitrogen and oxygen atoms in total. The van der Waals surface area contributed by atoms with Crippen molar-refractivity contribution in [1.82, 2.24) is 24.3 Å². The summed E-state index contributed by atoms with van der Waals surface area (Å²) in [6.07, 6.45) is 5.00. The average molecular weight is 510 g/mol. The highest BCUT2D eigenvalue weighted by molar-refractivity contribution is 7.88. The normalized spacial score (nSPS) is 13.3. The summed E-state index contributed by atoms with van der Waals surface area (Å²) in [6.45, 7) is 3.00. The number of nitrogens with zero attached hydrogens (tertiary/aromatic N) is 3. The molecule has 0 unspecified atom stereocenters. The first-order valence-electron chi connectivity index (χ1n) is 11.4. The highest BCUT2D eigenvalue weighted by Crippen LogP contribution is 2.23. The minimum atomic E-state index is -4.00. The van der Waals surface area contributed by atoms with Crippen molar-refractivity contribution in [2.75, 3.05) is 23.7 Å². The molecule has 12 heteroatoms. The van der Waals surface area contributed by atoms with E-state index in [0.29, 0.717) is 35.9 Å². The van der Waals surface area contributed by atoms with E-state index >= 15 is 0 Å². The number of likely N-dealkylation sites (tertiary alicyclic amines) is 1. The fraction of sp³-hybridized carbons (Fsp3) is 0.250. The second-order valence-corrected chi connectivity index (χ2v) is 9.80. The minimum Gasteiger partial charge on any atom is -0.324 e. The maximum Gasteiger partial charge on any atom is 0.332 e. The quantitative estimate of drug-likeness (QED) is 0.365. The molecule has 0 bridgehead atoms. The van der Waals surface area contributed by atoms with Gasteiger partial charge < -0.3 is 15.5 Å². The van der Waals surface area contributed by atoms with Crippen molar-refractivity contribution in [3.05, 3.63) is 77.6 Å². The summed E-state index contributed by atoms with van der Waals surface area (Å²) in [5, 5.41) is 5.98. The molecular formula is C24H27N7O4S. The molecule has 1 aliphatic rings. The number of aryl methyl sites for hydroxylation is 1. The van der Waals surface area contributed by atoms with E-state index in [2.05, 4.69) is 25.3 Å². The molecule has 0 aliphatic carbocycles. The van der Waals surface area contributed by atoms with E-state index in [1.165, 1.54) is 4.90 Å². The van der Waals surface area contributed by atoms with Gasteiger partial charge in [-0.15, -0.1) is 0 Å². The van der Waals surface area contributed by atoms with Crippen LogP contribution in [-0.4, -0.2) is 48.3 Å². The lowest BCUT2D eigenvalue weighted by Crippen LogP contribution is -2.46. The van der Waals surface area contributed by atoms with Crippen LogP contribution in [0.5, 0.6) is 0 Å². The van der Waals surface area contributed by atoms with Gasteiger partial charge in [-0.1, -0.05) is 18.2 Å². The van der Waals surface area contributed by atoms with E-state index < -0.39 is 16.2 Å². The van der Waals surface area contributed by atoms with Crippen molar-refractivity contribution in [2.24, 2.45) is 0 Å². The SMILES string of the molecule is Cc1ccc(NC(=O)c2ccc(CNS(=O)(=O)NC(=O)N3CCCC3)cc2)cc1Nc1ncccn1. The number of aromatic nitrogens is 2. The largest absolute Gasteiger partial charge is 0.332 e. The van der Waals surface area contributed by atoms with Gasteiger partial charge >= 0.3 is 16.2 Å². The summed E-state index contributed by atoms with van der Waals surface area (Å²) in [6, 6.07) is 13.1. The third-order valence-electron chi connectivity index (χ3n) is 5.61. The maximum atomic E-state index is 12.7. The molecule has 2 heterocycles. The molecule has 4 rings (SSSR count). The molecule has 1 saturated heterocycles. The number of hydrogen-bond acceptors (Lipinski definition) is 7. The molecule has 0 radical (unpaired) electrons. The number of carbonyl (C=O) groups excluding carboxylic acids is 2. The standard InChI is InChI=1S/C24H27N7O4S/c1-17-5-10-20(15-21(17)29-23-25-11-4-12-26-23)28-22(32)19-8-6-18(7-9-19)16-27-36(34,35)30-24(33)31-13-2-3-14-31/h4-12,15,27H,2-3,13-14,16H2,1H3,(H,28,32)(H,30,33)(H,25,26,29). The van der Waals surface area contributed by atoms with E-state index in [1.54, 1.807) is 54.9 Å². The van der Waals surface area contributed by atoms with Gasteiger partial charge in [-0.3, -0.25) is 4.79 Å². The monoisotopic (exact) mass is 509 g/mol. The Hall–Kier alpha value is -4.03. The number of carbonyl (C=O) groups is 2. The van der Waals surface area contributed by atoms with E-state index in [0.717, 1.165) is 24.1 Å². The molecule has 4 N–H and O–H groups in total. The lowest BCUT2D eigenvalue weighted by Gasteiger charge is -2.16. The fourth-order valence-electron chi connectivity index (χ4n) is 3.61. The van der Waals surface area contributed by atoms with Gasteiger partial charge in [0.2, 0.25) is 5.95 Å². The second-order valence-electron chi connectivity index (χ2n) is 8.30. The molecule has 0 saturated carbocycles. The topological polar surface area (TPSA) is 145 Å². The van der Waals surface area contributed by atoms with E-state index in [-0.39, 0.29) is 12.5 Å². The van der Waals surface area contributed by atoms with Gasteiger partial charge in [-0.25, -0.2) is 19.5 Å². The number of benzene rings is 2. The number of rotatable bonds is 8. The summed E-state index contributed by atoms with van der Waals surface area (Å²) in [5.74, 6) is 0.136. The highest BCUT2D eigenvalue weighted by Gasteiger charge is 2.22. The average Bonchev–Trinajstić information content (AvgIpc) is 3.41. The predicted octanol–water partition coefficient (Wildman–Crippen LogP) is 2.92. The van der Waals surface area contributed by atoms with Gasteiger partial charge in [0.1, 0.15) is 0 Å². The number of anilines is 3. The molecule has 1 aromatic heterocycles. The summed E-state index contributed by atoms with van der Waals surface area (Å²) in [4.78, 5) is 34.5. The molecular weight excluding hydrogens is 482 g/mol. The van der Waals surface area contributed by atoms with Crippen LogP contribution in [0.4, 0.5) is 22.1 Å². The summed E-state index contributed by atoms with van der Waals surface area (Å²) in [5.41, 5.74) is 3.36. The molecule has 1 fully saturated rings. The van der Waals surface area contributed by atoms with Gasteiger partial charge in [0.25, 0.3) is 5.91 Å². The van der Waals surface area contributed by atoms with Crippen LogP contribution in [0.2, 0.25) is 0 Å². The third kappa shape index (κ3) is 6.77. The van der Waals surface area contributed by atoms with E-state index in [9.17, 15) is 18.0 Å². The number of amides is 3. The summed E-state index contributed by atoms with van der Waals surface area (Å²) < 4.78 is 28.7. The van der Waals surface area contributed by atoms with Gasteiger partial charge in [-0.2, -0.15) is 13.1 Å². The Labute approximate surface area is 209 Å². The van der Waals surface area contributed by atoms with Gasteiger partial charge in [0.15, 0.2) is 0 Å². The third-order valence-corrected chi connectivity index (χ3v) is 6.57. The highest BCUT2D eigenvalue weighted by atomic mass is 32.2. The fourth-order valence-corrected chi connectivity index (χ4v) is 4.40. The smallest absolute Gasteiger partial charge is 0.324 e. The summed E-state index contributed by atoms with van der Waals surface area (Å²) in [7, 11) is -4.00. The van der Waals surface area contributed by atoms with Gasteiger partial charge in [-0.05, 0) is 61.2 Å². The molecule has 1 aliphatic heterocycles. The lowest BCUT2D eigenvalue weighted by molar-refractivity contribution is 0.102. The molecule has 3 amide bonds. The van der Waals surface area contributed by atoms with Gasteiger partial charge in [0.05, 0.1) is 0 Å². The molecule has 3 aromatic rings. The number of hydrogen-bond donors (Lipinski definition) is 4. The van der Waals surface area contributed by atoms with Crippen molar-refractivity contribution < 1.29 is 18.0 Å². The van der Waals surface area contributed by atoms with Crippen LogP contribution in [0.3, 0.4) is 0 Å². The van der Waals surface area contributed by atoms with Crippen LogP contribution >= 0.6 is 0 Å². The van der Waals surface area contributed by atoms with Crippen molar-refractivity contribution in [3.63, 3.8) is 0 Å². The molecule has 2 aromatic carbocycles. The van der Waals surface area contributed by atoms with Crippen molar-refractivity contribution in [1.29, 1.82) is 0 Å². The van der Waals surface area contributed by atoms with E-state index in [1.807, 2.05) is 17.7 Å². The molecule has 0 spiro atoms. The van der Waals surface area contributed by atoms with Crippen molar-refractivity contribution in [3.8, 4) is 0 Å². The Morgan fingerprint density at radius 1 is 1.00 bits per heavy atom. The zero-order chi connectivity index (χ0) is 25.5. The predicted molar refractivity (Wildman–Crippen MR) is 136 cm³/mol. The van der Waals surface area contributed by atoms with Gasteiger partial charge in [0, 0.05) is 49.0 Å².